The molecule has 0 aliphatic heterocycles. The van der Waals surface area contributed by atoms with Crippen molar-refractivity contribution in [3.05, 3.63) is 10.2 Å². The minimum atomic E-state index is -3.07. The Labute approximate surface area is 60.4 Å². The van der Waals surface area contributed by atoms with Gasteiger partial charge in [0.05, 0.1) is 4.65 Å². The van der Waals surface area contributed by atoms with Gasteiger partial charge in [-0.25, -0.2) is 0 Å². The van der Waals surface area contributed by atoms with Crippen molar-refractivity contribution in [2.75, 3.05) is 0 Å². The van der Waals surface area contributed by atoms with Crippen molar-refractivity contribution in [3.63, 3.8) is 0 Å². The van der Waals surface area contributed by atoms with Crippen molar-refractivity contribution >= 4 is 20.1 Å². The van der Waals surface area contributed by atoms with Crippen LogP contribution in [-0.4, -0.2) is 0 Å². The number of rotatable bonds is 1. The first-order valence-corrected chi connectivity index (χ1v) is 4.69. The molecule has 0 bridgehead atoms. The summed E-state index contributed by atoms with van der Waals surface area (Å²) in [6.07, 6.45) is 0. The summed E-state index contributed by atoms with van der Waals surface area (Å²) in [5, 5.41) is 0. The predicted molar refractivity (Wildman–Crippen MR) is 43.3 cm³/mol. The molecule has 0 unspecified atom stereocenters. The Bertz CT molecular complexity index is 179. The zero-order chi connectivity index (χ0) is 7.65. The van der Waals surface area contributed by atoms with Gasteiger partial charge in [-0.15, -0.1) is 12.6 Å². The zero-order valence-electron chi connectivity index (χ0n) is 5.46. The van der Waals surface area contributed by atoms with Crippen LogP contribution in [0.25, 0.3) is 0 Å². The van der Waals surface area contributed by atoms with Gasteiger partial charge in [-0.2, -0.15) is 0 Å². The van der Waals surface area contributed by atoms with Gasteiger partial charge >= 0.3 is 0 Å². The third-order valence-electron chi connectivity index (χ3n) is 0.778. The predicted octanol–water partition coefficient (Wildman–Crippen LogP) is 1.28. The van der Waals surface area contributed by atoms with Crippen LogP contribution in [-0.2, 0) is 4.57 Å². The highest BCUT2D eigenvalue weighted by atomic mass is 32.1. The lowest BCUT2D eigenvalue weighted by Crippen LogP contribution is -2.04. The molecule has 54 valence electrons. The highest BCUT2D eigenvalue weighted by Crippen LogP contribution is 2.41. The van der Waals surface area contributed by atoms with Crippen LogP contribution in [0.1, 0.15) is 13.8 Å². The summed E-state index contributed by atoms with van der Waals surface area (Å²) in [5.41, 5.74) is 11.0. The molecular formula is C4H11N2OPS. The number of hydrogen-bond acceptors (Lipinski definition) is 2. The quantitative estimate of drug-likeness (QED) is 0.406. The van der Waals surface area contributed by atoms with E-state index in [0.717, 1.165) is 5.57 Å². The summed E-state index contributed by atoms with van der Waals surface area (Å²) >= 11 is 3.87. The molecule has 0 spiro atoms. The molecule has 0 aliphatic carbocycles. The molecule has 0 saturated heterocycles. The zero-order valence-corrected chi connectivity index (χ0v) is 7.25. The van der Waals surface area contributed by atoms with Gasteiger partial charge in [0.1, 0.15) is 0 Å². The molecule has 9 heavy (non-hydrogen) atoms. The molecule has 0 heterocycles. The largest absolute Gasteiger partial charge is 0.284 e. The average molecular weight is 166 g/mol. The molecule has 3 nitrogen and oxygen atoms in total. The van der Waals surface area contributed by atoms with Gasteiger partial charge in [-0.05, 0) is 13.8 Å². The maximum atomic E-state index is 10.8. The molecule has 5 heteroatoms. The van der Waals surface area contributed by atoms with E-state index in [4.69, 9.17) is 11.0 Å². The minimum Gasteiger partial charge on any atom is -0.284 e. The standard InChI is InChI=1S/C4H11N2OPS/c1-3(2)4(9)8(5,6)7/h9H,1-2H3,(H4,5,6,7). The lowest BCUT2D eigenvalue weighted by molar-refractivity contribution is 0.582. The fraction of sp³-hybridized carbons (Fsp3) is 0.500. The summed E-state index contributed by atoms with van der Waals surface area (Å²) < 4.78 is 11.1. The van der Waals surface area contributed by atoms with Gasteiger partial charge in [-0.3, -0.25) is 15.6 Å². The number of allylic oxidation sites excluding steroid dienone is 1. The molecule has 0 fully saturated rings. The fourth-order valence-electron chi connectivity index (χ4n) is 0.349. The highest BCUT2D eigenvalue weighted by Gasteiger charge is 2.12. The van der Waals surface area contributed by atoms with Crippen molar-refractivity contribution in [3.8, 4) is 0 Å². The van der Waals surface area contributed by atoms with Crippen molar-refractivity contribution in [1.29, 1.82) is 0 Å². The van der Waals surface area contributed by atoms with Crippen LogP contribution >= 0.6 is 20.1 Å². The summed E-state index contributed by atoms with van der Waals surface area (Å²) in [5.74, 6) is 0. The van der Waals surface area contributed by atoms with Crippen LogP contribution in [0.4, 0.5) is 0 Å². The number of hydrogen-bond donors (Lipinski definition) is 3. The van der Waals surface area contributed by atoms with Gasteiger partial charge in [-0.1, -0.05) is 5.57 Å². The van der Waals surface area contributed by atoms with Gasteiger partial charge in [0.25, 0.3) is 0 Å². The van der Waals surface area contributed by atoms with Crippen LogP contribution in [0.3, 0.4) is 0 Å². The lowest BCUT2D eigenvalue weighted by atomic mass is 10.4. The normalized spacial score (nSPS) is 11.2. The van der Waals surface area contributed by atoms with Crippen molar-refractivity contribution in [2.24, 2.45) is 11.0 Å². The van der Waals surface area contributed by atoms with Crippen molar-refractivity contribution in [1.82, 2.24) is 0 Å². The van der Waals surface area contributed by atoms with Crippen LogP contribution in [0.5, 0.6) is 0 Å². The van der Waals surface area contributed by atoms with Crippen LogP contribution in [0.15, 0.2) is 10.2 Å². The van der Waals surface area contributed by atoms with Crippen molar-refractivity contribution in [2.45, 2.75) is 13.8 Å². The van der Waals surface area contributed by atoms with E-state index < -0.39 is 7.44 Å². The third kappa shape index (κ3) is 3.06. The molecule has 0 amide bonds. The van der Waals surface area contributed by atoms with Crippen molar-refractivity contribution < 1.29 is 4.57 Å². The Kier molecular flexibility index (Phi) is 2.96. The number of nitrogens with two attached hydrogens (primary N) is 2. The summed E-state index contributed by atoms with van der Waals surface area (Å²) in [4.78, 5) is 0. The van der Waals surface area contributed by atoms with E-state index in [0.29, 0.717) is 4.65 Å². The minimum absolute atomic E-state index is 0.308. The fourth-order valence-corrected chi connectivity index (χ4v) is 1.05. The smallest absolute Gasteiger partial charge is 0.241 e. The number of thiol groups is 1. The van der Waals surface area contributed by atoms with E-state index in [1.165, 1.54) is 0 Å². The molecular weight excluding hydrogens is 155 g/mol. The Morgan fingerprint density at radius 3 is 1.78 bits per heavy atom. The highest BCUT2D eigenvalue weighted by molar-refractivity contribution is 7.96. The Morgan fingerprint density at radius 1 is 1.44 bits per heavy atom. The van der Waals surface area contributed by atoms with Gasteiger partial charge in [0, 0.05) is 0 Å². The van der Waals surface area contributed by atoms with E-state index in [1.54, 1.807) is 13.8 Å². The third-order valence-corrected chi connectivity index (χ3v) is 3.27. The molecule has 0 aromatic heterocycles. The Hall–Kier alpha value is 0.240. The van der Waals surface area contributed by atoms with E-state index in [1.807, 2.05) is 0 Å². The average Bonchev–Trinajstić information content (AvgIpc) is 1.62. The molecule has 0 saturated carbocycles. The van der Waals surface area contributed by atoms with E-state index >= 15 is 0 Å². The van der Waals surface area contributed by atoms with Crippen LogP contribution in [0.2, 0.25) is 0 Å². The molecule has 0 aromatic rings. The van der Waals surface area contributed by atoms with Gasteiger partial charge in [0.2, 0.25) is 7.44 Å². The molecule has 4 N–H and O–H groups in total. The molecule has 0 aliphatic rings. The summed E-state index contributed by atoms with van der Waals surface area (Å²) in [6, 6.07) is 0. The molecule has 0 aromatic carbocycles. The van der Waals surface area contributed by atoms with Crippen LogP contribution in [0, 0.1) is 0 Å². The molecule has 0 radical (unpaired) electrons. The van der Waals surface area contributed by atoms with E-state index in [2.05, 4.69) is 12.6 Å². The lowest BCUT2D eigenvalue weighted by Gasteiger charge is -2.06. The summed E-state index contributed by atoms with van der Waals surface area (Å²) in [7, 11) is -3.07. The van der Waals surface area contributed by atoms with E-state index in [-0.39, 0.29) is 0 Å². The topological polar surface area (TPSA) is 69.1 Å². The summed E-state index contributed by atoms with van der Waals surface area (Å²) in [6.45, 7) is 3.52. The SMILES string of the molecule is CC(C)=C(S)P(N)(N)=O. The second-order valence-corrected chi connectivity index (χ2v) is 4.70. The second-order valence-electron chi connectivity index (χ2n) is 2.03. The molecule has 0 rings (SSSR count). The molecule has 0 atom stereocenters. The monoisotopic (exact) mass is 166 g/mol. The maximum Gasteiger partial charge on any atom is 0.241 e. The first-order valence-electron chi connectivity index (χ1n) is 2.40. The van der Waals surface area contributed by atoms with Crippen LogP contribution < -0.4 is 11.0 Å². The Balaban J connectivity index is 4.62. The van der Waals surface area contributed by atoms with Gasteiger partial charge in [0.15, 0.2) is 0 Å². The van der Waals surface area contributed by atoms with Gasteiger partial charge < -0.3 is 0 Å². The first kappa shape index (κ1) is 9.24. The Morgan fingerprint density at radius 2 is 1.78 bits per heavy atom. The second kappa shape index (κ2) is 2.88. The first-order chi connectivity index (χ1) is 3.85. The maximum absolute atomic E-state index is 10.8. The van der Waals surface area contributed by atoms with E-state index in [9.17, 15) is 4.57 Å².